The minimum atomic E-state index is 0.957. The molecule has 0 aromatic heterocycles. The second-order valence-electron chi connectivity index (χ2n) is 7.39. The van der Waals surface area contributed by atoms with Gasteiger partial charge in [0.05, 0.1) is 60.4 Å². The van der Waals surface area contributed by atoms with Crippen molar-refractivity contribution in [3.05, 3.63) is 0 Å². The first-order chi connectivity index (χ1) is 7.89. The van der Waals surface area contributed by atoms with E-state index in [1.807, 2.05) is 0 Å². The van der Waals surface area contributed by atoms with Crippen molar-refractivity contribution in [2.45, 2.75) is 19.8 Å². The van der Waals surface area contributed by atoms with Gasteiger partial charge in [-0.3, -0.25) is 0 Å². The van der Waals surface area contributed by atoms with Crippen molar-refractivity contribution in [1.82, 2.24) is 4.90 Å². The highest BCUT2D eigenvalue weighted by Crippen LogP contribution is 2.22. The summed E-state index contributed by atoms with van der Waals surface area (Å²) < 4.78 is 2.50. The summed E-state index contributed by atoms with van der Waals surface area (Å²) in [7, 11) is 7.17. The van der Waals surface area contributed by atoms with Gasteiger partial charge in [0.15, 0.2) is 0 Å². The number of quaternary nitrogens is 2. The lowest BCUT2D eigenvalue weighted by Crippen LogP contribution is -2.61. The number of hydrogen-bond donors (Lipinski definition) is 0. The molecule has 0 spiro atoms. The Labute approximate surface area is 107 Å². The number of rotatable bonds is 2. The minimum absolute atomic E-state index is 0.957. The van der Waals surface area contributed by atoms with Crippen LogP contribution in [0, 0.1) is 5.92 Å². The van der Waals surface area contributed by atoms with E-state index in [1.165, 1.54) is 67.7 Å². The zero-order chi connectivity index (χ0) is 12.5. The molecule has 3 heteroatoms. The van der Waals surface area contributed by atoms with Gasteiger partial charge in [-0.1, -0.05) is 6.92 Å². The van der Waals surface area contributed by atoms with E-state index in [4.69, 9.17) is 0 Å². The molecule has 2 aliphatic rings. The summed E-state index contributed by atoms with van der Waals surface area (Å²) >= 11 is 0. The summed E-state index contributed by atoms with van der Waals surface area (Å²) in [6, 6.07) is 0. The molecular weight excluding hydrogens is 210 g/mol. The van der Waals surface area contributed by atoms with Crippen LogP contribution >= 0.6 is 0 Å². The molecule has 0 unspecified atom stereocenters. The van der Waals surface area contributed by atoms with Crippen LogP contribution in [0.3, 0.4) is 0 Å². The maximum atomic E-state index is 2.69. The molecule has 2 heterocycles. The monoisotopic (exact) mass is 241 g/mol. The van der Waals surface area contributed by atoms with Crippen LogP contribution in [-0.4, -0.2) is 80.9 Å². The predicted molar refractivity (Wildman–Crippen MR) is 72.6 cm³/mol. The van der Waals surface area contributed by atoms with Crippen LogP contribution in [0.4, 0.5) is 0 Å². The fourth-order valence-electron chi connectivity index (χ4n) is 3.13. The molecule has 0 radical (unpaired) electrons. The molecule has 2 rings (SSSR count). The number of nitrogens with zero attached hydrogens (tertiary/aromatic N) is 3. The van der Waals surface area contributed by atoms with Crippen LogP contribution in [0.5, 0.6) is 0 Å². The van der Waals surface area contributed by atoms with Gasteiger partial charge in [0.1, 0.15) is 6.67 Å². The third-order valence-corrected chi connectivity index (χ3v) is 4.91. The lowest BCUT2D eigenvalue weighted by atomic mass is 9.98. The summed E-state index contributed by atoms with van der Waals surface area (Å²) in [6.07, 6.45) is 2.85. The highest BCUT2D eigenvalue weighted by Gasteiger charge is 2.33. The molecule has 0 amide bonds. The third-order valence-electron chi connectivity index (χ3n) is 4.91. The van der Waals surface area contributed by atoms with E-state index in [2.05, 4.69) is 33.0 Å². The Kier molecular flexibility index (Phi) is 3.81. The molecule has 0 aromatic rings. The van der Waals surface area contributed by atoms with Gasteiger partial charge in [-0.05, 0) is 18.8 Å². The van der Waals surface area contributed by atoms with Crippen molar-refractivity contribution >= 4 is 0 Å². The zero-order valence-corrected chi connectivity index (χ0v) is 12.3. The predicted octanol–water partition coefficient (Wildman–Crippen LogP) is 1.21. The zero-order valence-electron chi connectivity index (χ0n) is 12.3. The van der Waals surface area contributed by atoms with Crippen molar-refractivity contribution in [2.75, 3.05) is 67.1 Å². The van der Waals surface area contributed by atoms with Gasteiger partial charge < -0.3 is 8.97 Å². The summed E-state index contributed by atoms with van der Waals surface area (Å²) in [6.45, 7) is 11.7. The quantitative estimate of drug-likeness (QED) is 0.657. The van der Waals surface area contributed by atoms with Crippen LogP contribution in [-0.2, 0) is 0 Å². The maximum Gasteiger partial charge on any atom is 0.135 e. The number of likely N-dealkylation sites (N-methyl/N-ethyl adjacent to an activating group) is 1. The molecule has 2 fully saturated rings. The van der Waals surface area contributed by atoms with Crippen LogP contribution in [0.1, 0.15) is 19.8 Å². The number of likely N-dealkylation sites (tertiary alicyclic amines) is 1. The van der Waals surface area contributed by atoms with Gasteiger partial charge in [-0.2, -0.15) is 0 Å². The van der Waals surface area contributed by atoms with Crippen molar-refractivity contribution in [2.24, 2.45) is 5.92 Å². The number of piperidine rings is 1. The summed E-state index contributed by atoms with van der Waals surface area (Å²) in [5.41, 5.74) is 0. The Balaban J connectivity index is 1.81. The first-order valence-electron chi connectivity index (χ1n) is 7.27. The normalized spacial score (nSPS) is 39.2. The van der Waals surface area contributed by atoms with E-state index in [0.717, 1.165) is 5.92 Å². The minimum Gasteiger partial charge on any atom is -0.326 e. The fourth-order valence-corrected chi connectivity index (χ4v) is 3.13. The van der Waals surface area contributed by atoms with E-state index in [0.29, 0.717) is 0 Å². The van der Waals surface area contributed by atoms with Crippen molar-refractivity contribution in [3.8, 4) is 0 Å². The first kappa shape index (κ1) is 13.3. The number of hydrogen-bond acceptors (Lipinski definition) is 1. The van der Waals surface area contributed by atoms with Gasteiger partial charge in [-0.15, -0.1) is 0 Å². The largest absolute Gasteiger partial charge is 0.326 e. The molecule has 17 heavy (non-hydrogen) atoms. The highest BCUT2D eigenvalue weighted by atomic mass is 15.5. The summed E-state index contributed by atoms with van der Waals surface area (Å²) in [5, 5.41) is 0. The Hall–Kier alpha value is -0.120. The Morgan fingerprint density at radius 1 is 0.941 bits per heavy atom. The topological polar surface area (TPSA) is 3.24 Å². The fraction of sp³-hybridized carbons (Fsp3) is 1.00. The van der Waals surface area contributed by atoms with E-state index in [1.54, 1.807) is 0 Å². The standard InChI is InChI=1S/C14H31N3/c1-14-5-9-17(4,10-6-14)13-15-7-11-16(2,3)12-8-15/h14H,5-13H2,1-4H3/q+2. The second kappa shape index (κ2) is 4.87. The van der Waals surface area contributed by atoms with Gasteiger partial charge in [0.25, 0.3) is 0 Å². The van der Waals surface area contributed by atoms with Crippen LogP contribution in [0.2, 0.25) is 0 Å². The molecule has 0 atom stereocenters. The molecule has 3 nitrogen and oxygen atoms in total. The SMILES string of the molecule is CC1CC[N+](C)(CN2CC[N+](C)(C)CC2)CC1. The van der Waals surface area contributed by atoms with Crippen molar-refractivity contribution < 1.29 is 8.97 Å². The lowest BCUT2D eigenvalue weighted by molar-refractivity contribution is -0.931. The van der Waals surface area contributed by atoms with E-state index in [-0.39, 0.29) is 0 Å². The highest BCUT2D eigenvalue weighted by molar-refractivity contribution is 4.63. The molecule has 0 saturated carbocycles. The second-order valence-corrected chi connectivity index (χ2v) is 7.39. The van der Waals surface area contributed by atoms with Gasteiger partial charge in [0.2, 0.25) is 0 Å². The molecule has 0 aromatic carbocycles. The Bertz CT molecular complexity index is 244. The average molecular weight is 241 g/mol. The lowest BCUT2D eigenvalue weighted by Gasteiger charge is -2.45. The van der Waals surface area contributed by atoms with Crippen LogP contribution in [0.15, 0.2) is 0 Å². The Morgan fingerprint density at radius 3 is 2.00 bits per heavy atom. The summed E-state index contributed by atoms with van der Waals surface area (Å²) in [4.78, 5) is 2.69. The number of piperazine rings is 1. The van der Waals surface area contributed by atoms with E-state index >= 15 is 0 Å². The van der Waals surface area contributed by atoms with Crippen LogP contribution in [0.25, 0.3) is 0 Å². The van der Waals surface area contributed by atoms with E-state index in [9.17, 15) is 0 Å². The summed E-state index contributed by atoms with van der Waals surface area (Å²) in [5.74, 6) is 0.957. The average Bonchev–Trinajstić information content (AvgIpc) is 2.26. The molecular formula is C14H31N3+2. The molecule has 0 bridgehead atoms. The Morgan fingerprint density at radius 2 is 1.47 bits per heavy atom. The van der Waals surface area contributed by atoms with Crippen molar-refractivity contribution in [1.29, 1.82) is 0 Å². The molecule has 100 valence electrons. The van der Waals surface area contributed by atoms with Gasteiger partial charge in [0, 0.05) is 0 Å². The molecule has 2 aliphatic heterocycles. The smallest absolute Gasteiger partial charge is 0.135 e. The molecule has 2 saturated heterocycles. The third kappa shape index (κ3) is 3.67. The first-order valence-corrected chi connectivity index (χ1v) is 7.27. The van der Waals surface area contributed by atoms with Crippen LogP contribution < -0.4 is 0 Å². The van der Waals surface area contributed by atoms with Crippen molar-refractivity contribution in [3.63, 3.8) is 0 Å². The van der Waals surface area contributed by atoms with Gasteiger partial charge in [-0.25, -0.2) is 4.90 Å². The maximum absolute atomic E-state index is 2.69. The van der Waals surface area contributed by atoms with E-state index < -0.39 is 0 Å². The molecule has 0 N–H and O–H groups in total. The molecule has 0 aliphatic carbocycles. The van der Waals surface area contributed by atoms with Gasteiger partial charge >= 0.3 is 0 Å².